The summed E-state index contributed by atoms with van der Waals surface area (Å²) in [6, 6.07) is -0.152. The van der Waals surface area contributed by atoms with Gasteiger partial charge in [0, 0.05) is 25.9 Å². The lowest BCUT2D eigenvalue weighted by atomic mass is 10.0. The Morgan fingerprint density at radius 2 is 2.05 bits per heavy atom. The summed E-state index contributed by atoms with van der Waals surface area (Å²) in [7, 11) is 0. The lowest BCUT2D eigenvalue weighted by molar-refractivity contribution is -0.147. The van der Waals surface area contributed by atoms with Crippen molar-refractivity contribution in [2.45, 2.75) is 45.7 Å². The molecule has 0 aromatic heterocycles. The van der Waals surface area contributed by atoms with Crippen molar-refractivity contribution >= 4 is 5.97 Å². The van der Waals surface area contributed by atoms with Crippen LogP contribution in [0.15, 0.2) is 0 Å². The molecular formula is C14H27NO4. The molecule has 1 unspecified atom stereocenters. The molecule has 1 N–H and O–H groups in total. The van der Waals surface area contributed by atoms with Crippen molar-refractivity contribution in [2.24, 2.45) is 5.92 Å². The van der Waals surface area contributed by atoms with Gasteiger partial charge in [-0.3, -0.25) is 4.79 Å². The fraction of sp³-hybridized carbons (Fsp3) is 0.929. The van der Waals surface area contributed by atoms with Crippen LogP contribution < -0.4 is 5.32 Å². The molecule has 5 nitrogen and oxygen atoms in total. The van der Waals surface area contributed by atoms with Gasteiger partial charge in [0.15, 0.2) is 0 Å². The monoisotopic (exact) mass is 273 g/mol. The molecule has 0 spiro atoms. The highest BCUT2D eigenvalue weighted by molar-refractivity contribution is 5.75. The standard InChI is InChI=1S/C14H27NO4/c1-4-19-14(16)13(15-11(2)3)10-18-9-12-5-7-17-8-6-12/h11-13,15H,4-10H2,1-3H3. The normalized spacial score (nSPS) is 18.5. The molecule has 19 heavy (non-hydrogen) atoms. The zero-order valence-corrected chi connectivity index (χ0v) is 12.3. The fourth-order valence-corrected chi connectivity index (χ4v) is 2.10. The molecule has 0 bridgehead atoms. The molecule has 0 aromatic rings. The van der Waals surface area contributed by atoms with Gasteiger partial charge in [0.1, 0.15) is 6.04 Å². The summed E-state index contributed by atoms with van der Waals surface area (Å²) in [5.41, 5.74) is 0. The predicted octanol–water partition coefficient (Wildman–Crippen LogP) is 1.36. The Morgan fingerprint density at radius 1 is 1.37 bits per heavy atom. The van der Waals surface area contributed by atoms with Gasteiger partial charge in [-0.2, -0.15) is 0 Å². The van der Waals surface area contributed by atoms with Crippen LogP contribution in [-0.4, -0.2) is 51.1 Å². The molecule has 5 heteroatoms. The molecule has 0 aromatic carbocycles. The first-order valence-electron chi connectivity index (χ1n) is 7.21. The average molecular weight is 273 g/mol. The first kappa shape index (κ1) is 16.4. The van der Waals surface area contributed by atoms with Crippen LogP contribution in [0.5, 0.6) is 0 Å². The third-order valence-corrected chi connectivity index (χ3v) is 3.08. The number of ether oxygens (including phenoxy) is 3. The molecule has 1 fully saturated rings. The van der Waals surface area contributed by atoms with Crippen molar-refractivity contribution in [1.82, 2.24) is 5.32 Å². The van der Waals surface area contributed by atoms with Crippen LogP contribution in [0.2, 0.25) is 0 Å². The minimum atomic E-state index is -0.375. The summed E-state index contributed by atoms with van der Waals surface area (Å²) < 4.78 is 16.0. The van der Waals surface area contributed by atoms with Crippen molar-refractivity contribution in [3.8, 4) is 0 Å². The van der Waals surface area contributed by atoms with E-state index in [1.807, 2.05) is 20.8 Å². The maximum Gasteiger partial charge on any atom is 0.325 e. The quantitative estimate of drug-likeness (QED) is 0.677. The lowest BCUT2D eigenvalue weighted by Crippen LogP contribution is -2.45. The Hall–Kier alpha value is -0.650. The number of esters is 1. The minimum absolute atomic E-state index is 0.223. The lowest BCUT2D eigenvalue weighted by Gasteiger charge is -2.24. The number of nitrogens with one attached hydrogen (secondary N) is 1. The molecule has 0 aliphatic carbocycles. The number of hydrogen-bond acceptors (Lipinski definition) is 5. The summed E-state index contributed by atoms with van der Waals surface area (Å²) in [5.74, 6) is 0.318. The Labute approximate surface area is 116 Å². The molecular weight excluding hydrogens is 246 g/mol. The van der Waals surface area contributed by atoms with Crippen LogP contribution in [-0.2, 0) is 19.0 Å². The van der Waals surface area contributed by atoms with Gasteiger partial charge in [-0.15, -0.1) is 0 Å². The Kier molecular flexibility index (Phi) is 8.02. The zero-order valence-electron chi connectivity index (χ0n) is 12.3. The van der Waals surface area contributed by atoms with Crippen molar-refractivity contribution in [2.75, 3.05) is 33.0 Å². The molecule has 1 aliphatic rings. The Morgan fingerprint density at radius 3 is 2.63 bits per heavy atom. The van der Waals surface area contributed by atoms with Crippen LogP contribution in [0.1, 0.15) is 33.6 Å². The highest BCUT2D eigenvalue weighted by atomic mass is 16.5. The van der Waals surface area contributed by atoms with E-state index in [4.69, 9.17) is 14.2 Å². The van der Waals surface area contributed by atoms with Gasteiger partial charge in [0.2, 0.25) is 0 Å². The Bertz CT molecular complexity index is 252. The van der Waals surface area contributed by atoms with Gasteiger partial charge in [-0.1, -0.05) is 13.8 Å². The fourth-order valence-electron chi connectivity index (χ4n) is 2.10. The zero-order chi connectivity index (χ0) is 14.1. The number of hydrogen-bond donors (Lipinski definition) is 1. The van der Waals surface area contributed by atoms with E-state index in [-0.39, 0.29) is 18.1 Å². The maximum atomic E-state index is 11.8. The van der Waals surface area contributed by atoms with Crippen molar-refractivity contribution < 1.29 is 19.0 Å². The summed E-state index contributed by atoms with van der Waals surface area (Å²) in [5, 5.41) is 3.18. The minimum Gasteiger partial charge on any atom is -0.465 e. The molecule has 1 rings (SSSR count). The summed E-state index contributed by atoms with van der Waals surface area (Å²) in [4.78, 5) is 11.8. The molecule has 1 aliphatic heterocycles. The van der Waals surface area contributed by atoms with Gasteiger partial charge < -0.3 is 19.5 Å². The van der Waals surface area contributed by atoms with E-state index in [9.17, 15) is 4.79 Å². The molecule has 1 atom stereocenters. The second-order valence-electron chi connectivity index (χ2n) is 5.22. The van der Waals surface area contributed by atoms with E-state index in [2.05, 4.69) is 5.32 Å². The number of carbonyl (C=O) groups excluding carboxylic acids is 1. The molecule has 0 amide bonds. The first-order valence-corrected chi connectivity index (χ1v) is 7.21. The topological polar surface area (TPSA) is 56.8 Å². The van der Waals surface area contributed by atoms with E-state index < -0.39 is 0 Å². The van der Waals surface area contributed by atoms with Gasteiger partial charge in [0.25, 0.3) is 0 Å². The number of carbonyl (C=O) groups is 1. The van der Waals surface area contributed by atoms with E-state index in [0.29, 0.717) is 25.7 Å². The van der Waals surface area contributed by atoms with Gasteiger partial charge in [0.05, 0.1) is 13.2 Å². The third kappa shape index (κ3) is 6.89. The predicted molar refractivity (Wildman–Crippen MR) is 73.1 cm³/mol. The van der Waals surface area contributed by atoms with Gasteiger partial charge >= 0.3 is 5.97 Å². The van der Waals surface area contributed by atoms with E-state index >= 15 is 0 Å². The second kappa shape index (κ2) is 9.28. The molecule has 0 saturated carbocycles. The van der Waals surface area contributed by atoms with Crippen molar-refractivity contribution in [3.05, 3.63) is 0 Å². The van der Waals surface area contributed by atoms with Crippen LogP contribution >= 0.6 is 0 Å². The van der Waals surface area contributed by atoms with Gasteiger partial charge in [-0.05, 0) is 25.7 Å². The summed E-state index contributed by atoms with van der Waals surface area (Å²) >= 11 is 0. The Balaban J connectivity index is 2.28. The summed E-state index contributed by atoms with van der Waals surface area (Å²) in [6.07, 6.45) is 2.09. The molecule has 1 saturated heterocycles. The van der Waals surface area contributed by atoms with Gasteiger partial charge in [-0.25, -0.2) is 0 Å². The van der Waals surface area contributed by atoms with Crippen LogP contribution in [0.25, 0.3) is 0 Å². The van der Waals surface area contributed by atoms with Crippen molar-refractivity contribution in [3.63, 3.8) is 0 Å². The van der Waals surface area contributed by atoms with E-state index in [1.165, 1.54) is 0 Å². The summed E-state index contributed by atoms with van der Waals surface area (Å²) in [6.45, 7) is 8.92. The molecule has 112 valence electrons. The smallest absolute Gasteiger partial charge is 0.325 e. The second-order valence-corrected chi connectivity index (χ2v) is 5.22. The maximum absolute atomic E-state index is 11.8. The first-order chi connectivity index (χ1) is 9.13. The van der Waals surface area contributed by atoms with Crippen molar-refractivity contribution in [1.29, 1.82) is 0 Å². The molecule has 0 radical (unpaired) electrons. The van der Waals surface area contributed by atoms with E-state index in [0.717, 1.165) is 26.1 Å². The van der Waals surface area contributed by atoms with Crippen LogP contribution in [0, 0.1) is 5.92 Å². The number of rotatable bonds is 8. The van der Waals surface area contributed by atoms with E-state index in [1.54, 1.807) is 0 Å². The SMILES string of the molecule is CCOC(=O)C(COCC1CCOCC1)NC(C)C. The molecule has 1 heterocycles. The highest BCUT2D eigenvalue weighted by Gasteiger charge is 2.21. The largest absolute Gasteiger partial charge is 0.465 e. The van der Waals surface area contributed by atoms with Crippen LogP contribution in [0.4, 0.5) is 0 Å². The van der Waals surface area contributed by atoms with Crippen LogP contribution in [0.3, 0.4) is 0 Å². The third-order valence-electron chi connectivity index (χ3n) is 3.08. The highest BCUT2D eigenvalue weighted by Crippen LogP contribution is 2.14. The average Bonchev–Trinajstić information content (AvgIpc) is 2.38.